The summed E-state index contributed by atoms with van der Waals surface area (Å²) in [7, 11) is 0. The van der Waals surface area contributed by atoms with Gasteiger partial charge < -0.3 is 15.7 Å². The lowest BCUT2D eigenvalue weighted by Gasteiger charge is -2.18. The molecule has 2 aromatic carbocycles. The van der Waals surface area contributed by atoms with Crippen LogP contribution in [0.2, 0.25) is 5.02 Å². The molecule has 0 spiro atoms. The lowest BCUT2D eigenvalue weighted by atomic mass is 10.0. The number of halogens is 1. The number of benzene rings is 2. The molecule has 30 heavy (non-hydrogen) atoms. The molecular weight excluding hydrogens is 404 g/mol. The van der Waals surface area contributed by atoms with Gasteiger partial charge in [0.1, 0.15) is 11.7 Å². The zero-order chi connectivity index (χ0) is 22.3. The highest BCUT2D eigenvalue weighted by Gasteiger charge is 2.24. The zero-order valence-electron chi connectivity index (χ0n) is 17.1. The molecule has 2 amide bonds. The van der Waals surface area contributed by atoms with Crippen molar-refractivity contribution in [1.82, 2.24) is 10.6 Å². The second-order valence-corrected chi connectivity index (χ2v) is 7.80. The van der Waals surface area contributed by atoms with Gasteiger partial charge in [-0.25, -0.2) is 4.79 Å². The van der Waals surface area contributed by atoms with Crippen LogP contribution in [-0.4, -0.2) is 28.9 Å². The summed E-state index contributed by atoms with van der Waals surface area (Å²) < 4.78 is 0. The van der Waals surface area contributed by atoms with Crippen LogP contribution in [0.4, 0.5) is 0 Å². The molecule has 158 valence electrons. The summed E-state index contributed by atoms with van der Waals surface area (Å²) in [5, 5.41) is 14.9. The van der Waals surface area contributed by atoms with Crippen molar-refractivity contribution in [2.45, 2.75) is 33.2 Å². The molecule has 6 nitrogen and oxygen atoms in total. The summed E-state index contributed by atoms with van der Waals surface area (Å²) in [6.07, 6.45) is 1.68. The maximum atomic E-state index is 12.9. The minimum Gasteiger partial charge on any atom is -0.480 e. The number of carboxylic acid groups (broad SMARTS) is 1. The van der Waals surface area contributed by atoms with E-state index in [2.05, 4.69) is 10.6 Å². The van der Waals surface area contributed by atoms with Crippen molar-refractivity contribution in [3.8, 4) is 0 Å². The highest BCUT2D eigenvalue weighted by atomic mass is 35.5. The van der Waals surface area contributed by atoms with Gasteiger partial charge in [0.15, 0.2) is 0 Å². The van der Waals surface area contributed by atoms with Crippen LogP contribution in [0.3, 0.4) is 0 Å². The number of aliphatic carboxylic acids is 1. The van der Waals surface area contributed by atoms with Gasteiger partial charge in [0, 0.05) is 10.6 Å². The van der Waals surface area contributed by atoms with Crippen LogP contribution in [0.5, 0.6) is 0 Å². The van der Waals surface area contributed by atoms with E-state index >= 15 is 0 Å². The fraction of sp³-hybridized carbons (Fsp3) is 0.261. The first-order valence-electron chi connectivity index (χ1n) is 9.55. The molecule has 2 aromatic rings. The molecule has 0 aliphatic heterocycles. The minimum absolute atomic E-state index is 0.0598. The van der Waals surface area contributed by atoms with Crippen molar-refractivity contribution in [1.29, 1.82) is 0 Å². The van der Waals surface area contributed by atoms with Crippen LogP contribution in [0.15, 0.2) is 54.2 Å². The van der Waals surface area contributed by atoms with E-state index in [4.69, 9.17) is 11.6 Å². The van der Waals surface area contributed by atoms with Gasteiger partial charge in [-0.05, 0) is 49.1 Å². The van der Waals surface area contributed by atoms with Gasteiger partial charge in [-0.1, -0.05) is 61.3 Å². The Morgan fingerprint density at radius 2 is 1.70 bits per heavy atom. The lowest BCUT2D eigenvalue weighted by Crippen LogP contribution is -2.45. The molecule has 0 fully saturated rings. The molecule has 0 saturated heterocycles. The molecule has 0 aliphatic rings. The van der Waals surface area contributed by atoms with Gasteiger partial charge in [0.25, 0.3) is 11.8 Å². The highest BCUT2D eigenvalue weighted by molar-refractivity contribution is 6.32. The van der Waals surface area contributed by atoms with Crippen molar-refractivity contribution in [3.05, 3.63) is 75.9 Å². The van der Waals surface area contributed by atoms with E-state index in [1.807, 2.05) is 20.8 Å². The highest BCUT2D eigenvalue weighted by Crippen LogP contribution is 2.18. The number of hydrogen-bond acceptors (Lipinski definition) is 3. The van der Waals surface area contributed by atoms with E-state index in [1.54, 1.807) is 48.5 Å². The second kappa shape index (κ2) is 10.6. The van der Waals surface area contributed by atoms with E-state index in [9.17, 15) is 19.5 Å². The summed E-state index contributed by atoms with van der Waals surface area (Å²) in [6.45, 7) is 5.63. The van der Waals surface area contributed by atoms with Crippen molar-refractivity contribution in [3.63, 3.8) is 0 Å². The molecule has 0 bridgehead atoms. The Morgan fingerprint density at radius 1 is 1.07 bits per heavy atom. The summed E-state index contributed by atoms with van der Waals surface area (Å²) in [5.41, 5.74) is 1.79. The van der Waals surface area contributed by atoms with Crippen LogP contribution in [0, 0.1) is 12.8 Å². The van der Waals surface area contributed by atoms with Crippen LogP contribution in [0.25, 0.3) is 6.08 Å². The second-order valence-electron chi connectivity index (χ2n) is 7.39. The third kappa shape index (κ3) is 6.74. The third-order valence-corrected chi connectivity index (χ3v) is 4.67. The van der Waals surface area contributed by atoms with Crippen LogP contribution >= 0.6 is 11.6 Å². The molecular formula is C23H25ClN2O4. The molecule has 0 heterocycles. The van der Waals surface area contributed by atoms with E-state index in [1.165, 1.54) is 6.08 Å². The molecule has 0 aliphatic carbocycles. The predicted octanol–water partition coefficient (Wildman–Crippen LogP) is 4.03. The number of hydrogen-bond donors (Lipinski definition) is 3. The van der Waals surface area contributed by atoms with Crippen LogP contribution < -0.4 is 10.6 Å². The Balaban J connectivity index is 2.34. The van der Waals surface area contributed by atoms with Crippen molar-refractivity contribution >= 4 is 35.5 Å². The average molecular weight is 429 g/mol. The maximum absolute atomic E-state index is 12.9. The largest absolute Gasteiger partial charge is 0.480 e. The van der Waals surface area contributed by atoms with Gasteiger partial charge >= 0.3 is 5.97 Å². The first-order chi connectivity index (χ1) is 14.2. The molecule has 7 heteroatoms. The minimum atomic E-state index is -1.14. The first-order valence-corrected chi connectivity index (χ1v) is 9.93. The van der Waals surface area contributed by atoms with E-state index in [0.29, 0.717) is 16.1 Å². The first kappa shape index (κ1) is 23.2. The Hall–Kier alpha value is -3.12. The molecule has 0 unspecified atom stereocenters. The third-order valence-electron chi connectivity index (χ3n) is 4.32. The van der Waals surface area contributed by atoms with Crippen molar-refractivity contribution in [2.75, 3.05) is 0 Å². The van der Waals surface area contributed by atoms with Gasteiger partial charge in [-0.15, -0.1) is 0 Å². The van der Waals surface area contributed by atoms with Gasteiger partial charge in [0.05, 0.1) is 0 Å². The normalized spacial score (nSPS) is 12.4. The monoisotopic (exact) mass is 428 g/mol. The lowest BCUT2D eigenvalue weighted by molar-refractivity contribution is -0.141. The molecule has 3 N–H and O–H groups in total. The van der Waals surface area contributed by atoms with Gasteiger partial charge in [-0.2, -0.15) is 0 Å². The summed E-state index contributed by atoms with van der Waals surface area (Å²) in [5.74, 6) is -2.27. The molecule has 0 aromatic heterocycles. The molecule has 0 saturated carbocycles. The predicted molar refractivity (Wildman–Crippen MR) is 117 cm³/mol. The Morgan fingerprint density at radius 3 is 2.27 bits per heavy atom. The summed E-state index contributed by atoms with van der Waals surface area (Å²) in [6, 6.07) is 12.6. The Kier molecular flexibility index (Phi) is 8.18. The summed E-state index contributed by atoms with van der Waals surface area (Å²) >= 11 is 6.19. The van der Waals surface area contributed by atoms with Crippen LogP contribution in [0.1, 0.15) is 41.8 Å². The number of nitrogens with one attached hydrogen (secondary N) is 2. The van der Waals surface area contributed by atoms with E-state index in [0.717, 1.165) is 5.56 Å². The maximum Gasteiger partial charge on any atom is 0.326 e. The zero-order valence-corrected chi connectivity index (χ0v) is 17.9. The average Bonchev–Trinajstić information content (AvgIpc) is 2.68. The molecule has 1 atom stereocenters. The SMILES string of the molecule is Cc1ccc(C(=O)N/C(=C/c2ccccc2Cl)C(=O)N[C@H](CC(C)C)C(=O)O)cc1. The van der Waals surface area contributed by atoms with Gasteiger partial charge in [0.2, 0.25) is 0 Å². The topological polar surface area (TPSA) is 95.5 Å². The smallest absolute Gasteiger partial charge is 0.326 e. The van der Waals surface area contributed by atoms with Gasteiger partial charge in [-0.3, -0.25) is 9.59 Å². The Bertz CT molecular complexity index is 952. The van der Waals surface area contributed by atoms with Crippen LogP contribution in [-0.2, 0) is 9.59 Å². The van der Waals surface area contributed by atoms with E-state index in [-0.39, 0.29) is 18.0 Å². The summed E-state index contributed by atoms with van der Waals surface area (Å²) in [4.78, 5) is 37.1. The molecule has 0 radical (unpaired) electrons. The number of amides is 2. The fourth-order valence-electron chi connectivity index (χ4n) is 2.73. The molecule has 2 rings (SSSR count). The number of carboxylic acids is 1. The Labute approximate surface area is 180 Å². The number of carbonyl (C=O) groups excluding carboxylic acids is 2. The quantitative estimate of drug-likeness (QED) is 0.553. The van der Waals surface area contributed by atoms with Crippen molar-refractivity contribution < 1.29 is 19.5 Å². The standard InChI is InChI=1S/C23H25ClN2O4/c1-14(2)12-20(23(29)30)26-22(28)19(13-17-6-4-5-7-18(17)24)25-21(27)16-10-8-15(3)9-11-16/h4-11,13-14,20H,12H2,1-3H3,(H,25,27)(H,26,28)(H,29,30)/b19-13+/t20-/m1/s1. The number of carbonyl (C=O) groups is 3. The fourth-order valence-corrected chi connectivity index (χ4v) is 2.92. The van der Waals surface area contributed by atoms with Crippen molar-refractivity contribution in [2.24, 2.45) is 5.92 Å². The van der Waals surface area contributed by atoms with E-state index < -0.39 is 23.8 Å². The number of aryl methyl sites for hydroxylation is 1. The number of rotatable bonds is 8.